The van der Waals surface area contributed by atoms with Crippen LogP contribution in [0.4, 0.5) is 4.39 Å². The van der Waals surface area contributed by atoms with Crippen molar-refractivity contribution in [3.8, 4) is 11.8 Å². The van der Waals surface area contributed by atoms with Gasteiger partial charge in [0.05, 0.1) is 11.5 Å². The number of rotatable bonds is 1. The van der Waals surface area contributed by atoms with E-state index in [2.05, 4.69) is 6.07 Å². The van der Waals surface area contributed by atoms with E-state index in [0.29, 0.717) is 5.56 Å². The molecular weight excluding hydrogens is 181 g/mol. The number of aromatic hydroxyl groups is 1. The number of nitriles is 1. The van der Waals surface area contributed by atoms with Gasteiger partial charge >= 0.3 is 0 Å². The monoisotopic (exact) mass is 191 g/mol. The van der Waals surface area contributed by atoms with Crippen LogP contribution in [0.1, 0.15) is 24.8 Å². The Balaban J connectivity index is 2.46. The van der Waals surface area contributed by atoms with Gasteiger partial charge in [0.1, 0.15) is 11.6 Å². The third kappa shape index (κ3) is 1.15. The van der Waals surface area contributed by atoms with Crippen LogP contribution in [0.3, 0.4) is 0 Å². The fraction of sp³-hybridized carbons (Fsp3) is 0.364. The first-order valence-electron chi connectivity index (χ1n) is 4.58. The fourth-order valence-corrected chi connectivity index (χ4v) is 1.88. The number of hydrogen-bond acceptors (Lipinski definition) is 2. The second-order valence-corrected chi connectivity index (χ2v) is 3.71. The molecule has 0 radical (unpaired) electrons. The molecule has 1 aromatic carbocycles. The molecule has 72 valence electrons. The van der Waals surface area contributed by atoms with Crippen LogP contribution in [0, 0.1) is 17.1 Å². The number of phenols is 1. The zero-order valence-corrected chi connectivity index (χ0v) is 7.63. The van der Waals surface area contributed by atoms with E-state index in [-0.39, 0.29) is 5.75 Å². The third-order valence-electron chi connectivity index (χ3n) is 2.90. The molecule has 0 aromatic heterocycles. The largest absolute Gasteiger partial charge is 0.508 e. The third-order valence-corrected chi connectivity index (χ3v) is 2.90. The zero-order valence-electron chi connectivity index (χ0n) is 7.63. The van der Waals surface area contributed by atoms with Crippen molar-refractivity contribution in [2.24, 2.45) is 0 Å². The van der Waals surface area contributed by atoms with Gasteiger partial charge in [-0.25, -0.2) is 4.39 Å². The highest BCUT2D eigenvalue weighted by Crippen LogP contribution is 2.46. The molecular formula is C11H10FNO. The molecule has 3 heteroatoms. The van der Waals surface area contributed by atoms with Crippen molar-refractivity contribution >= 4 is 0 Å². The summed E-state index contributed by atoms with van der Waals surface area (Å²) in [7, 11) is 0. The van der Waals surface area contributed by atoms with Gasteiger partial charge in [0, 0.05) is 11.6 Å². The lowest BCUT2D eigenvalue weighted by Gasteiger charge is -2.35. The summed E-state index contributed by atoms with van der Waals surface area (Å²) in [6.07, 6.45) is 2.50. The molecule has 1 aliphatic rings. The van der Waals surface area contributed by atoms with Crippen LogP contribution in [0.25, 0.3) is 0 Å². The Kier molecular flexibility index (Phi) is 1.92. The van der Waals surface area contributed by atoms with Crippen LogP contribution in [-0.2, 0) is 5.41 Å². The Morgan fingerprint density at radius 1 is 1.43 bits per heavy atom. The molecule has 0 amide bonds. The Hall–Kier alpha value is -1.56. The fourth-order valence-electron chi connectivity index (χ4n) is 1.88. The van der Waals surface area contributed by atoms with Crippen molar-refractivity contribution in [1.82, 2.24) is 0 Å². The van der Waals surface area contributed by atoms with E-state index < -0.39 is 11.2 Å². The normalized spacial score (nSPS) is 18.3. The summed E-state index contributed by atoms with van der Waals surface area (Å²) in [5, 5.41) is 18.6. The summed E-state index contributed by atoms with van der Waals surface area (Å²) in [4.78, 5) is 0. The van der Waals surface area contributed by atoms with Gasteiger partial charge in [-0.15, -0.1) is 0 Å². The van der Waals surface area contributed by atoms with Gasteiger partial charge < -0.3 is 5.11 Å². The number of hydrogen-bond donors (Lipinski definition) is 1. The van der Waals surface area contributed by atoms with Crippen molar-refractivity contribution in [1.29, 1.82) is 5.26 Å². The molecule has 0 spiro atoms. The average molecular weight is 191 g/mol. The van der Waals surface area contributed by atoms with E-state index in [1.807, 2.05) is 0 Å². The molecule has 0 atom stereocenters. The quantitative estimate of drug-likeness (QED) is 0.741. The number of nitrogens with zero attached hydrogens (tertiary/aromatic N) is 1. The molecule has 1 saturated carbocycles. The van der Waals surface area contributed by atoms with E-state index in [1.54, 1.807) is 0 Å². The van der Waals surface area contributed by atoms with Crippen LogP contribution in [-0.4, -0.2) is 5.11 Å². The van der Waals surface area contributed by atoms with E-state index in [0.717, 1.165) is 25.3 Å². The lowest BCUT2D eigenvalue weighted by atomic mass is 9.65. The molecule has 1 aliphatic carbocycles. The van der Waals surface area contributed by atoms with Gasteiger partial charge in [0.2, 0.25) is 0 Å². The Morgan fingerprint density at radius 3 is 2.57 bits per heavy atom. The van der Waals surface area contributed by atoms with Gasteiger partial charge in [-0.2, -0.15) is 5.26 Å². The first-order chi connectivity index (χ1) is 6.68. The minimum atomic E-state index is -0.572. The van der Waals surface area contributed by atoms with Gasteiger partial charge in [-0.1, -0.05) is 6.07 Å². The van der Waals surface area contributed by atoms with Crippen molar-refractivity contribution in [3.05, 3.63) is 29.6 Å². The van der Waals surface area contributed by atoms with Crippen LogP contribution >= 0.6 is 0 Å². The molecule has 0 saturated heterocycles. The molecule has 1 fully saturated rings. The lowest BCUT2D eigenvalue weighted by molar-refractivity contribution is 0.310. The summed E-state index contributed by atoms with van der Waals surface area (Å²) in [5.41, 5.74) is -0.00900. The summed E-state index contributed by atoms with van der Waals surface area (Å²) < 4.78 is 12.7. The molecule has 1 N–H and O–H groups in total. The first kappa shape index (κ1) is 9.01. The number of phenolic OH excluding ortho intramolecular Hbond substituents is 1. The molecule has 0 bridgehead atoms. The van der Waals surface area contributed by atoms with Gasteiger partial charge in [0.15, 0.2) is 0 Å². The minimum absolute atomic E-state index is 0.105. The Morgan fingerprint density at radius 2 is 2.14 bits per heavy atom. The minimum Gasteiger partial charge on any atom is -0.508 e. The Bertz CT molecular complexity index is 404. The standard InChI is InChI=1S/C11H10FNO/c12-8-2-3-9(10(14)6-8)11(7-13)4-1-5-11/h2-3,6,14H,1,4-5H2. The van der Waals surface area contributed by atoms with Crippen LogP contribution in [0.5, 0.6) is 5.75 Å². The maximum Gasteiger partial charge on any atom is 0.126 e. The first-order valence-corrected chi connectivity index (χ1v) is 4.58. The highest BCUT2D eigenvalue weighted by Gasteiger charge is 2.40. The second kappa shape index (κ2) is 2.98. The van der Waals surface area contributed by atoms with Crippen LogP contribution in [0.15, 0.2) is 18.2 Å². The van der Waals surface area contributed by atoms with Crippen molar-refractivity contribution in [3.63, 3.8) is 0 Å². The van der Waals surface area contributed by atoms with Crippen molar-refractivity contribution in [2.45, 2.75) is 24.7 Å². The van der Waals surface area contributed by atoms with E-state index >= 15 is 0 Å². The molecule has 1 aromatic rings. The molecule has 2 nitrogen and oxygen atoms in total. The van der Waals surface area contributed by atoms with Gasteiger partial charge in [0.25, 0.3) is 0 Å². The molecule has 0 heterocycles. The summed E-state index contributed by atoms with van der Waals surface area (Å²) in [6, 6.07) is 6.06. The predicted octanol–water partition coefficient (Wildman–Crippen LogP) is 2.48. The van der Waals surface area contributed by atoms with E-state index in [9.17, 15) is 9.50 Å². The zero-order chi connectivity index (χ0) is 10.2. The molecule has 0 aliphatic heterocycles. The topological polar surface area (TPSA) is 44.0 Å². The molecule has 2 rings (SSSR count). The second-order valence-electron chi connectivity index (χ2n) is 3.71. The lowest BCUT2D eigenvalue weighted by Crippen LogP contribution is -2.32. The average Bonchev–Trinajstić information content (AvgIpc) is 2.07. The maximum absolute atomic E-state index is 12.7. The summed E-state index contributed by atoms with van der Waals surface area (Å²) in [6.45, 7) is 0. The van der Waals surface area contributed by atoms with Gasteiger partial charge in [-0.05, 0) is 25.3 Å². The van der Waals surface area contributed by atoms with E-state index in [4.69, 9.17) is 5.26 Å². The number of benzene rings is 1. The molecule has 0 unspecified atom stereocenters. The van der Waals surface area contributed by atoms with E-state index in [1.165, 1.54) is 12.1 Å². The summed E-state index contributed by atoms with van der Waals surface area (Å²) >= 11 is 0. The van der Waals surface area contributed by atoms with Crippen LogP contribution < -0.4 is 0 Å². The Labute approximate surface area is 81.6 Å². The molecule has 14 heavy (non-hydrogen) atoms. The number of halogens is 1. The van der Waals surface area contributed by atoms with Gasteiger partial charge in [-0.3, -0.25) is 0 Å². The highest BCUT2D eigenvalue weighted by molar-refractivity contribution is 5.44. The van der Waals surface area contributed by atoms with Crippen molar-refractivity contribution in [2.75, 3.05) is 0 Å². The smallest absolute Gasteiger partial charge is 0.126 e. The predicted molar refractivity (Wildman–Crippen MR) is 49.2 cm³/mol. The van der Waals surface area contributed by atoms with Crippen molar-refractivity contribution < 1.29 is 9.50 Å². The SMILES string of the molecule is N#CC1(c2ccc(F)cc2O)CCC1. The van der Waals surface area contributed by atoms with Crippen LogP contribution in [0.2, 0.25) is 0 Å². The maximum atomic E-state index is 12.7. The summed E-state index contributed by atoms with van der Waals surface area (Å²) in [5.74, 6) is -0.579. The highest BCUT2D eigenvalue weighted by atomic mass is 19.1.